The molecule has 0 amide bonds. The normalized spacial score (nSPS) is 18.9. The van der Waals surface area contributed by atoms with E-state index >= 15 is 0 Å². The van der Waals surface area contributed by atoms with Gasteiger partial charge in [0.15, 0.2) is 0 Å². The Bertz CT molecular complexity index is 364. The van der Waals surface area contributed by atoms with Gasteiger partial charge in [-0.3, -0.25) is 0 Å². The average molecular weight is 257 g/mol. The van der Waals surface area contributed by atoms with Crippen LogP contribution in [0.5, 0.6) is 5.75 Å². The first kappa shape index (κ1) is 13.2. The van der Waals surface area contributed by atoms with Crippen LogP contribution in [0.3, 0.4) is 0 Å². The second kappa shape index (κ2) is 6.11. The molecule has 0 radical (unpaired) electrons. The highest BCUT2D eigenvalue weighted by molar-refractivity contribution is 5.29. The van der Waals surface area contributed by atoms with Crippen LogP contribution in [0.25, 0.3) is 0 Å². The molecule has 100 valence electrons. The van der Waals surface area contributed by atoms with E-state index in [1.165, 1.54) is 12.1 Å². The van der Waals surface area contributed by atoms with Gasteiger partial charge in [0.1, 0.15) is 5.75 Å². The number of hydrogen-bond donors (Lipinski definition) is 1. The first-order valence-electron chi connectivity index (χ1n) is 6.05. The summed E-state index contributed by atoms with van der Waals surface area (Å²) in [6.07, 6.45) is 1.88. The lowest BCUT2D eigenvalue weighted by Crippen LogP contribution is -2.27. The third kappa shape index (κ3) is 3.40. The molecule has 1 fully saturated rings. The summed E-state index contributed by atoms with van der Waals surface area (Å²) in [5, 5.41) is 0. The van der Waals surface area contributed by atoms with Crippen LogP contribution in [0, 0.1) is 5.92 Å². The highest BCUT2D eigenvalue weighted by Crippen LogP contribution is 2.29. The molecule has 1 saturated heterocycles. The Morgan fingerprint density at radius 2 is 1.78 bits per heavy atom. The van der Waals surface area contributed by atoms with E-state index in [0.717, 1.165) is 31.6 Å². The standard InChI is InChI=1S/C13H17F2NO2/c14-13(15)18-11-3-1-9(2-4-11)12(16)10-5-7-17-8-6-10/h1-4,10,12-13H,5-8,16H2/t12-/m0/s1. The molecule has 2 rings (SSSR count). The topological polar surface area (TPSA) is 44.5 Å². The average Bonchev–Trinajstić information content (AvgIpc) is 2.39. The maximum atomic E-state index is 12.0. The van der Waals surface area contributed by atoms with Gasteiger partial charge in [-0.25, -0.2) is 0 Å². The van der Waals surface area contributed by atoms with Gasteiger partial charge < -0.3 is 15.2 Å². The lowest BCUT2D eigenvalue weighted by atomic mass is 9.88. The van der Waals surface area contributed by atoms with Gasteiger partial charge in [0.05, 0.1) is 0 Å². The highest BCUT2D eigenvalue weighted by Gasteiger charge is 2.22. The number of halogens is 2. The van der Waals surface area contributed by atoms with Gasteiger partial charge >= 0.3 is 6.61 Å². The van der Waals surface area contributed by atoms with Crippen molar-refractivity contribution in [3.8, 4) is 5.75 Å². The molecule has 1 aromatic rings. The fourth-order valence-electron chi connectivity index (χ4n) is 2.22. The van der Waals surface area contributed by atoms with E-state index in [1.807, 2.05) is 0 Å². The molecule has 0 saturated carbocycles. The lowest BCUT2D eigenvalue weighted by Gasteiger charge is -2.27. The van der Waals surface area contributed by atoms with Gasteiger partial charge in [0.2, 0.25) is 0 Å². The molecule has 1 atom stereocenters. The SMILES string of the molecule is N[C@@H](c1ccc(OC(F)F)cc1)C1CCOCC1. The fourth-order valence-corrected chi connectivity index (χ4v) is 2.22. The van der Waals surface area contributed by atoms with E-state index in [9.17, 15) is 8.78 Å². The third-order valence-electron chi connectivity index (χ3n) is 3.26. The molecular formula is C13H17F2NO2. The molecule has 2 N–H and O–H groups in total. The van der Waals surface area contributed by atoms with Crippen LogP contribution in [0.2, 0.25) is 0 Å². The Hall–Kier alpha value is -1.20. The van der Waals surface area contributed by atoms with Crippen molar-refractivity contribution in [3.63, 3.8) is 0 Å². The molecule has 1 aliphatic heterocycles. The highest BCUT2D eigenvalue weighted by atomic mass is 19.3. The molecule has 5 heteroatoms. The molecule has 0 aliphatic carbocycles. The first-order chi connectivity index (χ1) is 8.66. The van der Waals surface area contributed by atoms with Crippen molar-refractivity contribution in [1.29, 1.82) is 0 Å². The molecule has 0 aromatic heterocycles. The number of rotatable bonds is 4. The van der Waals surface area contributed by atoms with Gasteiger partial charge in [-0.05, 0) is 36.5 Å². The molecule has 1 heterocycles. The van der Waals surface area contributed by atoms with Crippen molar-refractivity contribution in [1.82, 2.24) is 0 Å². The van der Waals surface area contributed by atoms with Gasteiger partial charge in [0.25, 0.3) is 0 Å². The van der Waals surface area contributed by atoms with Crippen LogP contribution in [0.1, 0.15) is 24.4 Å². The van der Waals surface area contributed by atoms with Gasteiger partial charge in [-0.15, -0.1) is 0 Å². The molecule has 1 aliphatic rings. The molecule has 1 aromatic carbocycles. The van der Waals surface area contributed by atoms with Crippen molar-refractivity contribution in [2.45, 2.75) is 25.5 Å². The Kier molecular flexibility index (Phi) is 4.49. The van der Waals surface area contributed by atoms with Crippen molar-refractivity contribution in [3.05, 3.63) is 29.8 Å². The number of benzene rings is 1. The predicted molar refractivity (Wildman–Crippen MR) is 63.5 cm³/mol. The zero-order valence-corrected chi connectivity index (χ0v) is 10.0. The second-order valence-corrected chi connectivity index (χ2v) is 4.42. The van der Waals surface area contributed by atoms with Crippen molar-refractivity contribution < 1.29 is 18.3 Å². The quantitative estimate of drug-likeness (QED) is 0.902. The number of alkyl halides is 2. The summed E-state index contributed by atoms with van der Waals surface area (Å²) < 4.78 is 33.6. The Morgan fingerprint density at radius 1 is 1.17 bits per heavy atom. The Morgan fingerprint density at radius 3 is 2.33 bits per heavy atom. The summed E-state index contributed by atoms with van der Waals surface area (Å²) in [5.74, 6) is 0.550. The van der Waals surface area contributed by atoms with Gasteiger partial charge in [-0.2, -0.15) is 8.78 Å². The van der Waals surface area contributed by atoms with Crippen LogP contribution in [0.15, 0.2) is 24.3 Å². The van der Waals surface area contributed by atoms with E-state index < -0.39 is 6.61 Å². The molecule has 3 nitrogen and oxygen atoms in total. The zero-order chi connectivity index (χ0) is 13.0. The van der Waals surface area contributed by atoms with E-state index in [0.29, 0.717) is 5.92 Å². The third-order valence-corrected chi connectivity index (χ3v) is 3.26. The van der Waals surface area contributed by atoms with Crippen LogP contribution in [0.4, 0.5) is 8.78 Å². The van der Waals surface area contributed by atoms with E-state index in [4.69, 9.17) is 10.5 Å². The maximum absolute atomic E-state index is 12.0. The minimum atomic E-state index is -2.79. The molecule has 0 unspecified atom stereocenters. The smallest absolute Gasteiger partial charge is 0.387 e. The minimum absolute atomic E-state index is 0.0745. The van der Waals surface area contributed by atoms with Crippen LogP contribution < -0.4 is 10.5 Å². The lowest BCUT2D eigenvalue weighted by molar-refractivity contribution is -0.0498. The van der Waals surface area contributed by atoms with E-state index in [-0.39, 0.29) is 11.8 Å². The first-order valence-corrected chi connectivity index (χ1v) is 6.05. The molecule has 0 bridgehead atoms. The summed E-state index contributed by atoms with van der Waals surface area (Å²) in [7, 11) is 0. The number of hydrogen-bond acceptors (Lipinski definition) is 3. The van der Waals surface area contributed by atoms with E-state index in [1.54, 1.807) is 12.1 Å². The summed E-state index contributed by atoms with van der Waals surface area (Å²) in [5.41, 5.74) is 7.12. The fraction of sp³-hybridized carbons (Fsp3) is 0.538. The number of nitrogens with two attached hydrogens (primary N) is 1. The summed E-state index contributed by atoms with van der Waals surface area (Å²) in [4.78, 5) is 0. The van der Waals surface area contributed by atoms with Gasteiger partial charge in [-0.1, -0.05) is 12.1 Å². The predicted octanol–water partition coefficient (Wildman–Crippen LogP) is 2.71. The number of ether oxygens (including phenoxy) is 2. The molecular weight excluding hydrogens is 240 g/mol. The summed E-state index contributed by atoms with van der Waals surface area (Å²) >= 11 is 0. The molecule has 18 heavy (non-hydrogen) atoms. The molecule has 0 spiro atoms. The van der Waals surface area contributed by atoms with E-state index in [2.05, 4.69) is 4.74 Å². The van der Waals surface area contributed by atoms with Crippen LogP contribution in [-0.2, 0) is 4.74 Å². The largest absolute Gasteiger partial charge is 0.435 e. The maximum Gasteiger partial charge on any atom is 0.387 e. The summed E-state index contributed by atoms with van der Waals surface area (Å²) in [6, 6.07) is 6.48. The second-order valence-electron chi connectivity index (χ2n) is 4.42. The van der Waals surface area contributed by atoms with Gasteiger partial charge in [0, 0.05) is 19.3 Å². The Balaban J connectivity index is 1.99. The monoisotopic (exact) mass is 257 g/mol. The van der Waals surface area contributed by atoms with Crippen LogP contribution >= 0.6 is 0 Å². The Labute approximate surface area is 105 Å². The zero-order valence-electron chi connectivity index (χ0n) is 10.0. The van der Waals surface area contributed by atoms with Crippen molar-refractivity contribution in [2.75, 3.05) is 13.2 Å². The van der Waals surface area contributed by atoms with Crippen molar-refractivity contribution in [2.24, 2.45) is 11.7 Å². The minimum Gasteiger partial charge on any atom is -0.435 e. The van der Waals surface area contributed by atoms with Crippen molar-refractivity contribution >= 4 is 0 Å². The van der Waals surface area contributed by atoms with Crippen LogP contribution in [-0.4, -0.2) is 19.8 Å². The summed E-state index contributed by atoms with van der Waals surface area (Å²) in [6.45, 7) is -1.31.